The fourth-order valence-corrected chi connectivity index (χ4v) is 0.605. The Hall–Kier alpha value is -0.810. The van der Waals surface area contributed by atoms with E-state index in [2.05, 4.69) is 5.32 Å². The molecule has 0 aliphatic heterocycles. The lowest BCUT2D eigenvalue weighted by molar-refractivity contribution is -0.139. The van der Waals surface area contributed by atoms with E-state index >= 15 is 0 Å². The lowest BCUT2D eigenvalue weighted by Gasteiger charge is -2.09. The molecule has 0 aromatic heterocycles. The van der Waals surface area contributed by atoms with Crippen molar-refractivity contribution >= 4 is 23.5 Å². The summed E-state index contributed by atoms with van der Waals surface area (Å²) >= 11 is 5.44. The molecule has 3 N–H and O–H groups in total. The molecular weight excluding hydrogens is 210 g/mol. The molecule has 0 heterocycles. The maximum atomic E-state index is 10.1. The zero-order valence-corrected chi connectivity index (χ0v) is 9.21. The smallest absolute Gasteiger partial charge is 0.320 e. The third-order valence-electron chi connectivity index (χ3n) is 1.15. The average molecular weight is 226 g/mol. The van der Waals surface area contributed by atoms with E-state index in [4.69, 9.17) is 21.8 Å². The van der Waals surface area contributed by atoms with Gasteiger partial charge in [-0.15, -0.1) is 11.6 Å². The summed E-state index contributed by atoms with van der Waals surface area (Å²) in [7, 11) is 0. The van der Waals surface area contributed by atoms with Crippen molar-refractivity contribution in [2.75, 3.05) is 0 Å². The second-order valence-electron chi connectivity index (χ2n) is 2.59. The number of carboxylic acids is 2. The molecule has 0 spiro atoms. The molecule has 14 heavy (non-hydrogen) atoms. The van der Waals surface area contributed by atoms with Crippen molar-refractivity contribution in [3.8, 4) is 0 Å². The third kappa shape index (κ3) is 13.8. The van der Waals surface area contributed by atoms with Crippen molar-refractivity contribution in [3.05, 3.63) is 0 Å². The van der Waals surface area contributed by atoms with Gasteiger partial charge in [-0.1, -0.05) is 6.92 Å². The van der Waals surface area contributed by atoms with Gasteiger partial charge in [-0.2, -0.15) is 0 Å². The van der Waals surface area contributed by atoms with Gasteiger partial charge in [0, 0.05) is 6.42 Å². The highest BCUT2D eigenvalue weighted by molar-refractivity contribution is 6.20. The maximum absolute atomic E-state index is 10.1. The molecule has 0 aromatic rings. The van der Waals surface area contributed by atoms with Gasteiger partial charge in [-0.3, -0.25) is 14.9 Å². The van der Waals surface area contributed by atoms with Crippen LogP contribution in [0.1, 0.15) is 27.2 Å². The highest BCUT2D eigenvalue weighted by Gasteiger charge is 2.10. The van der Waals surface area contributed by atoms with E-state index in [0.29, 0.717) is 0 Å². The number of aliphatic carboxylic acids is 2. The summed E-state index contributed by atoms with van der Waals surface area (Å²) in [5, 5.41) is 18.6. The molecule has 0 saturated carbocycles. The predicted octanol–water partition coefficient (Wildman–Crippen LogP) is 1.11. The Kier molecular flexibility index (Phi) is 9.81. The van der Waals surface area contributed by atoms with Gasteiger partial charge in [-0.05, 0) is 13.8 Å². The van der Waals surface area contributed by atoms with Gasteiger partial charge < -0.3 is 10.2 Å². The topological polar surface area (TPSA) is 86.6 Å². The van der Waals surface area contributed by atoms with Gasteiger partial charge in [0.2, 0.25) is 0 Å². The van der Waals surface area contributed by atoms with Crippen LogP contribution in [-0.4, -0.2) is 33.7 Å². The minimum atomic E-state index is -0.887. The number of hydrogen-bond acceptors (Lipinski definition) is 3. The van der Waals surface area contributed by atoms with Crippen LogP contribution < -0.4 is 5.32 Å². The Balaban J connectivity index is 0. The summed E-state index contributed by atoms with van der Waals surface area (Å²) in [5.41, 5.74) is -0.295. The molecule has 2 atom stereocenters. The van der Waals surface area contributed by atoms with E-state index in [0.717, 1.165) is 0 Å². The van der Waals surface area contributed by atoms with Crippen LogP contribution in [0.3, 0.4) is 0 Å². The summed E-state index contributed by atoms with van der Waals surface area (Å²) < 4.78 is 0. The summed E-state index contributed by atoms with van der Waals surface area (Å²) in [6.07, 6.45) is 0.222. The average Bonchev–Trinajstić information content (AvgIpc) is 2.04. The molecule has 0 aromatic carbocycles. The van der Waals surface area contributed by atoms with Crippen LogP contribution in [0.2, 0.25) is 0 Å². The zero-order valence-electron chi connectivity index (χ0n) is 8.45. The van der Waals surface area contributed by atoms with Crippen LogP contribution in [0.5, 0.6) is 0 Å². The van der Waals surface area contributed by atoms with Gasteiger partial charge in [0.25, 0.3) is 0 Å². The fraction of sp³-hybridized carbons (Fsp3) is 0.750. The Labute approximate surface area is 88.1 Å². The quantitative estimate of drug-likeness (QED) is 0.493. The Bertz CT molecular complexity index is 184. The van der Waals surface area contributed by atoms with Gasteiger partial charge >= 0.3 is 11.9 Å². The lowest BCUT2D eigenvalue weighted by atomic mass is 10.3. The standard InChI is InChI=1S/C5H10ClNO2.C3H6O2/c1-3(5(8)9)7-4(2)6;1-2-3(4)5/h3-4,7H,1-2H3,(H,8,9);2H2,1H3,(H,4,5). The number of halogens is 1. The van der Waals surface area contributed by atoms with Crippen LogP contribution in [0, 0.1) is 0 Å². The van der Waals surface area contributed by atoms with Crippen LogP contribution in [-0.2, 0) is 9.59 Å². The number of hydrogen-bond donors (Lipinski definition) is 3. The van der Waals surface area contributed by atoms with Crippen LogP contribution in [0.15, 0.2) is 0 Å². The van der Waals surface area contributed by atoms with Crippen molar-refractivity contribution in [1.29, 1.82) is 0 Å². The van der Waals surface area contributed by atoms with E-state index in [1.807, 2.05) is 0 Å². The first-order valence-electron chi connectivity index (χ1n) is 4.16. The van der Waals surface area contributed by atoms with Crippen molar-refractivity contribution < 1.29 is 19.8 Å². The highest BCUT2D eigenvalue weighted by Crippen LogP contribution is 1.90. The number of alkyl halides is 1. The monoisotopic (exact) mass is 225 g/mol. The molecule has 0 fully saturated rings. The highest BCUT2D eigenvalue weighted by atomic mass is 35.5. The number of carbonyl (C=O) groups is 2. The predicted molar refractivity (Wildman–Crippen MR) is 53.5 cm³/mol. The molecule has 5 nitrogen and oxygen atoms in total. The number of nitrogens with one attached hydrogen (secondary N) is 1. The second-order valence-corrected chi connectivity index (χ2v) is 3.24. The largest absolute Gasteiger partial charge is 0.481 e. The molecular formula is C8H16ClNO4. The van der Waals surface area contributed by atoms with Crippen LogP contribution >= 0.6 is 11.6 Å². The normalized spacial score (nSPS) is 13.4. The molecule has 0 aliphatic carbocycles. The van der Waals surface area contributed by atoms with E-state index in [9.17, 15) is 9.59 Å². The zero-order chi connectivity index (χ0) is 11.7. The number of rotatable bonds is 4. The third-order valence-corrected chi connectivity index (χ3v) is 1.28. The molecule has 0 amide bonds. The second kappa shape index (κ2) is 8.77. The molecule has 0 aliphatic rings. The van der Waals surface area contributed by atoms with Gasteiger partial charge in [0.05, 0.1) is 5.50 Å². The molecule has 0 radical (unpaired) electrons. The molecule has 0 rings (SSSR count). The molecule has 0 bridgehead atoms. The van der Waals surface area contributed by atoms with Crippen LogP contribution in [0.4, 0.5) is 0 Å². The summed E-state index contributed by atoms with van der Waals surface area (Å²) in [5.74, 6) is -1.63. The Morgan fingerprint density at radius 2 is 1.71 bits per heavy atom. The van der Waals surface area contributed by atoms with E-state index in [1.165, 1.54) is 0 Å². The fourth-order valence-electron chi connectivity index (χ4n) is 0.416. The van der Waals surface area contributed by atoms with Gasteiger partial charge in [0.1, 0.15) is 6.04 Å². The first-order chi connectivity index (χ1) is 6.31. The van der Waals surface area contributed by atoms with Crippen molar-refractivity contribution in [2.45, 2.75) is 38.7 Å². The van der Waals surface area contributed by atoms with E-state index in [1.54, 1.807) is 20.8 Å². The lowest BCUT2D eigenvalue weighted by Crippen LogP contribution is -2.37. The van der Waals surface area contributed by atoms with Crippen molar-refractivity contribution in [3.63, 3.8) is 0 Å². The van der Waals surface area contributed by atoms with Crippen molar-refractivity contribution in [1.82, 2.24) is 5.32 Å². The van der Waals surface area contributed by atoms with Crippen LogP contribution in [0.25, 0.3) is 0 Å². The minimum absolute atomic E-state index is 0.222. The first-order valence-corrected chi connectivity index (χ1v) is 4.59. The summed E-state index contributed by atoms with van der Waals surface area (Å²) in [4.78, 5) is 19.5. The van der Waals surface area contributed by atoms with E-state index in [-0.39, 0.29) is 11.9 Å². The summed E-state index contributed by atoms with van der Waals surface area (Å²) in [6, 6.07) is -0.572. The minimum Gasteiger partial charge on any atom is -0.481 e. The van der Waals surface area contributed by atoms with E-state index < -0.39 is 18.0 Å². The molecule has 0 saturated heterocycles. The molecule has 2 unspecified atom stereocenters. The molecule has 6 heteroatoms. The van der Waals surface area contributed by atoms with Gasteiger partial charge in [0.15, 0.2) is 0 Å². The SMILES string of the molecule is CC(Cl)NC(C)C(=O)O.CCC(=O)O. The summed E-state index contributed by atoms with van der Waals surface area (Å²) in [6.45, 7) is 4.82. The maximum Gasteiger partial charge on any atom is 0.320 e. The van der Waals surface area contributed by atoms with Crippen molar-refractivity contribution in [2.24, 2.45) is 0 Å². The number of carboxylic acid groups (broad SMARTS) is 2. The van der Waals surface area contributed by atoms with Gasteiger partial charge in [-0.25, -0.2) is 0 Å². The first kappa shape index (κ1) is 15.7. The molecule has 84 valence electrons. The Morgan fingerprint density at radius 3 is 1.79 bits per heavy atom. The Morgan fingerprint density at radius 1 is 1.36 bits per heavy atom.